The lowest BCUT2D eigenvalue weighted by Crippen LogP contribution is -2.18. The first kappa shape index (κ1) is 19.3. The topological polar surface area (TPSA) is 26.0 Å². The van der Waals surface area contributed by atoms with Gasteiger partial charge in [-0.15, -0.1) is 0 Å². The summed E-state index contributed by atoms with van der Waals surface area (Å²) in [6.45, 7) is 0.344. The molecule has 0 saturated heterocycles. The zero-order valence-electron chi connectivity index (χ0n) is 12.2. The molecular formula is C17H13BrCl2F3N. The number of rotatable bonds is 4. The van der Waals surface area contributed by atoms with Crippen molar-refractivity contribution < 1.29 is 13.2 Å². The summed E-state index contributed by atoms with van der Waals surface area (Å²) in [4.78, 5) is 0. The van der Waals surface area contributed by atoms with Crippen molar-refractivity contribution in [1.82, 2.24) is 0 Å². The third kappa shape index (κ3) is 4.99. The Morgan fingerprint density at radius 3 is 2.21 bits per heavy atom. The van der Waals surface area contributed by atoms with Crippen LogP contribution in [-0.4, -0.2) is 6.18 Å². The zero-order chi connectivity index (χ0) is 17.9. The fourth-order valence-electron chi connectivity index (χ4n) is 2.20. The van der Waals surface area contributed by atoms with Gasteiger partial charge in [0.1, 0.15) is 0 Å². The van der Waals surface area contributed by atoms with Crippen LogP contribution in [0.25, 0.3) is 6.08 Å². The molecule has 0 aliphatic carbocycles. The minimum atomic E-state index is -4.46. The van der Waals surface area contributed by atoms with Gasteiger partial charge in [-0.1, -0.05) is 63.4 Å². The Kier molecular flexibility index (Phi) is 6.37. The molecule has 0 saturated carbocycles. The van der Waals surface area contributed by atoms with E-state index in [4.69, 9.17) is 28.9 Å². The van der Waals surface area contributed by atoms with Crippen LogP contribution in [-0.2, 0) is 6.54 Å². The van der Waals surface area contributed by atoms with Crippen molar-refractivity contribution in [2.24, 2.45) is 5.73 Å². The Morgan fingerprint density at radius 1 is 1.08 bits per heavy atom. The maximum absolute atomic E-state index is 13.4. The van der Waals surface area contributed by atoms with Crippen LogP contribution in [0.2, 0.25) is 10.0 Å². The van der Waals surface area contributed by atoms with Gasteiger partial charge in [0.2, 0.25) is 0 Å². The fraction of sp³-hybridized carbons (Fsp3) is 0.176. The van der Waals surface area contributed by atoms with Crippen molar-refractivity contribution >= 4 is 45.2 Å². The van der Waals surface area contributed by atoms with Crippen molar-refractivity contribution in [3.05, 3.63) is 73.7 Å². The summed E-state index contributed by atoms with van der Waals surface area (Å²) in [5.41, 5.74) is 7.06. The van der Waals surface area contributed by atoms with Crippen molar-refractivity contribution in [2.75, 3.05) is 0 Å². The molecule has 2 rings (SSSR count). The van der Waals surface area contributed by atoms with E-state index in [1.165, 1.54) is 24.3 Å². The third-order valence-corrected chi connectivity index (χ3v) is 4.55. The Bertz CT molecular complexity index is 740. The van der Waals surface area contributed by atoms with Crippen molar-refractivity contribution in [3.63, 3.8) is 0 Å². The Labute approximate surface area is 156 Å². The lowest BCUT2D eigenvalue weighted by Gasteiger charge is -2.18. The lowest BCUT2D eigenvalue weighted by atomic mass is 9.97. The van der Waals surface area contributed by atoms with Crippen LogP contribution >= 0.6 is 39.1 Å². The maximum Gasteiger partial charge on any atom is 0.399 e. The summed E-state index contributed by atoms with van der Waals surface area (Å²) in [6.07, 6.45) is -1.96. The van der Waals surface area contributed by atoms with E-state index < -0.39 is 12.1 Å². The third-order valence-electron chi connectivity index (χ3n) is 3.37. The Hall–Kier alpha value is -1.01. The molecule has 0 aromatic heterocycles. The molecule has 0 amide bonds. The minimum Gasteiger partial charge on any atom is -0.326 e. The first-order valence-electron chi connectivity index (χ1n) is 6.90. The van der Waals surface area contributed by atoms with Gasteiger partial charge >= 0.3 is 6.18 Å². The molecule has 0 fully saturated rings. The molecular weight excluding hydrogens is 426 g/mol. The van der Waals surface area contributed by atoms with Gasteiger partial charge in [0.15, 0.2) is 0 Å². The number of benzene rings is 2. The van der Waals surface area contributed by atoms with E-state index in [0.717, 1.165) is 16.1 Å². The second kappa shape index (κ2) is 7.91. The number of alkyl halides is 3. The van der Waals surface area contributed by atoms with Gasteiger partial charge < -0.3 is 5.73 Å². The molecule has 1 unspecified atom stereocenters. The molecule has 0 bridgehead atoms. The minimum absolute atomic E-state index is 0.00565. The van der Waals surface area contributed by atoms with Gasteiger partial charge in [-0.2, -0.15) is 13.2 Å². The zero-order valence-corrected chi connectivity index (χ0v) is 15.3. The quantitative estimate of drug-likeness (QED) is 0.573. The van der Waals surface area contributed by atoms with Crippen LogP contribution < -0.4 is 5.73 Å². The molecule has 0 aliphatic heterocycles. The molecule has 0 aliphatic rings. The molecule has 1 atom stereocenters. The molecule has 2 N–H and O–H groups in total. The van der Waals surface area contributed by atoms with Crippen LogP contribution in [0.5, 0.6) is 0 Å². The van der Waals surface area contributed by atoms with Gasteiger partial charge in [0, 0.05) is 21.1 Å². The van der Waals surface area contributed by atoms with E-state index in [1.54, 1.807) is 18.2 Å². The summed E-state index contributed by atoms with van der Waals surface area (Å²) in [5, 5.41) is 0.324. The van der Waals surface area contributed by atoms with Crippen molar-refractivity contribution in [2.45, 2.75) is 18.6 Å². The molecule has 0 spiro atoms. The van der Waals surface area contributed by atoms with E-state index >= 15 is 0 Å². The van der Waals surface area contributed by atoms with Crippen LogP contribution in [0.15, 0.2) is 46.9 Å². The first-order valence-corrected chi connectivity index (χ1v) is 8.45. The summed E-state index contributed by atoms with van der Waals surface area (Å²) < 4.78 is 41.0. The molecule has 2 aromatic carbocycles. The summed E-state index contributed by atoms with van der Waals surface area (Å²) >= 11 is 15.0. The predicted octanol–water partition coefficient (Wildman–Crippen LogP) is 6.57. The van der Waals surface area contributed by atoms with Gasteiger partial charge in [0.05, 0.1) is 5.92 Å². The molecule has 0 radical (unpaired) electrons. The van der Waals surface area contributed by atoms with Crippen LogP contribution in [0.4, 0.5) is 13.2 Å². The van der Waals surface area contributed by atoms with E-state index in [0.29, 0.717) is 12.1 Å². The highest BCUT2D eigenvalue weighted by Crippen LogP contribution is 2.38. The Morgan fingerprint density at radius 2 is 1.71 bits per heavy atom. The van der Waals surface area contributed by atoms with Crippen LogP contribution in [0.1, 0.15) is 22.6 Å². The number of halogens is 6. The number of hydrogen-bond donors (Lipinski definition) is 1. The van der Waals surface area contributed by atoms with Gasteiger partial charge in [-0.3, -0.25) is 0 Å². The van der Waals surface area contributed by atoms with Crippen molar-refractivity contribution in [3.8, 4) is 0 Å². The number of hydrogen-bond acceptors (Lipinski definition) is 1. The fourth-order valence-corrected chi connectivity index (χ4v) is 3.31. The smallest absolute Gasteiger partial charge is 0.326 e. The highest BCUT2D eigenvalue weighted by Gasteiger charge is 2.39. The van der Waals surface area contributed by atoms with E-state index in [9.17, 15) is 13.2 Å². The number of nitrogens with two attached hydrogens (primary N) is 1. The summed E-state index contributed by atoms with van der Waals surface area (Å²) in [6, 6.07) is 9.13. The second-order valence-electron chi connectivity index (χ2n) is 5.14. The van der Waals surface area contributed by atoms with Crippen LogP contribution in [0.3, 0.4) is 0 Å². The monoisotopic (exact) mass is 437 g/mol. The van der Waals surface area contributed by atoms with Gasteiger partial charge in [-0.25, -0.2) is 0 Å². The van der Waals surface area contributed by atoms with Crippen LogP contribution in [0, 0.1) is 0 Å². The highest BCUT2D eigenvalue weighted by atomic mass is 79.9. The SMILES string of the molecule is NCc1ccc(C=CC(c2cc(Cl)cc(Cl)c2)C(F)(F)F)cc1Br. The van der Waals surface area contributed by atoms with E-state index in [2.05, 4.69) is 15.9 Å². The maximum atomic E-state index is 13.4. The standard InChI is InChI=1S/C17H13BrCl2F3N/c18-16-5-10(1-3-11(16)9-24)2-4-15(17(21,22)23)12-6-13(19)8-14(20)7-12/h1-8,15H,9,24H2. The largest absolute Gasteiger partial charge is 0.399 e. The molecule has 128 valence electrons. The number of allylic oxidation sites excluding steroid dienone is 1. The van der Waals surface area contributed by atoms with Crippen molar-refractivity contribution in [1.29, 1.82) is 0 Å². The summed E-state index contributed by atoms with van der Waals surface area (Å²) in [7, 11) is 0. The lowest BCUT2D eigenvalue weighted by molar-refractivity contribution is -0.139. The average Bonchev–Trinajstić information content (AvgIpc) is 2.45. The normalized spacial score (nSPS) is 13.5. The first-order chi connectivity index (χ1) is 11.2. The highest BCUT2D eigenvalue weighted by molar-refractivity contribution is 9.10. The predicted molar refractivity (Wildman–Crippen MR) is 96.3 cm³/mol. The average molecular weight is 439 g/mol. The Balaban J connectivity index is 2.38. The van der Waals surface area contributed by atoms with Gasteiger partial charge in [0.25, 0.3) is 0 Å². The summed E-state index contributed by atoms with van der Waals surface area (Å²) in [5.74, 6) is -1.80. The molecule has 24 heavy (non-hydrogen) atoms. The molecule has 2 aromatic rings. The van der Waals surface area contributed by atoms with E-state index in [1.807, 2.05) is 0 Å². The molecule has 0 heterocycles. The second-order valence-corrected chi connectivity index (χ2v) is 6.86. The molecule has 1 nitrogen and oxygen atoms in total. The van der Waals surface area contributed by atoms with E-state index in [-0.39, 0.29) is 15.6 Å². The van der Waals surface area contributed by atoms with Gasteiger partial charge in [-0.05, 0) is 41.0 Å². The molecule has 7 heteroatoms.